The fourth-order valence-corrected chi connectivity index (χ4v) is 5.29. The molecule has 0 spiro atoms. The molecule has 1 atom stereocenters. The molecule has 0 aromatic heterocycles. The third-order valence-corrected chi connectivity index (χ3v) is 7.62. The van der Waals surface area contributed by atoms with Crippen molar-refractivity contribution >= 4 is 67.3 Å². The maximum absolute atomic E-state index is 11.7. The molecule has 2 heterocycles. The van der Waals surface area contributed by atoms with E-state index >= 15 is 0 Å². The van der Waals surface area contributed by atoms with Crippen LogP contribution in [0.15, 0.2) is 0 Å². The quantitative estimate of drug-likeness (QED) is 0.0552. The zero-order valence-corrected chi connectivity index (χ0v) is 24.9. The van der Waals surface area contributed by atoms with Gasteiger partial charge < -0.3 is 19.0 Å². The van der Waals surface area contributed by atoms with E-state index in [0.717, 1.165) is 6.42 Å². The molecule has 0 aromatic carbocycles. The van der Waals surface area contributed by atoms with Crippen molar-refractivity contribution in [2.75, 3.05) is 11.5 Å². The van der Waals surface area contributed by atoms with E-state index in [4.69, 9.17) is 4.84 Å². The Labute approximate surface area is 247 Å². The van der Waals surface area contributed by atoms with E-state index in [1.807, 2.05) is 0 Å². The maximum Gasteiger partial charge on any atom is 1.00 e. The zero-order valence-electron chi connectivity index (χ0n) is 18.4. The van der Waals surface area contributed by atoms with E-state index in [9.17, 15) is 41.7 Å². The molecule has 0 radical (unpaired) electrons. The third kappa shape index (κ3) is 10.4. The van der Waals surface area contributed by atoms with Gasteiger partial charge in [-0.25, -0.2) is 18.0 Å². The summed E-state index contributed by atoms with van der Waals surface area (Å²) < 4.78 is 32.8. The Morgan fingerprint density at radius 2 is 1.44 bits per heavy atom. The first-order valence-corrected chi connectivity index (χ1v) is 13.1. The van der Waals surface area contributed by atoms with Crippen LogP contribution in [0.5, 0.6) is 0 Å². The van der Waals surface area contributed by atoms with Crippen LogP contribution in [0.3, 0.4) is 0 Å². The number of imide groups is 2. The molecule has 178 valence electrons. The van der Waals surface area contributed by atoms with Crippen LogP contribution in [0, 0.1) is 6.42 Å². The van der Waals surface area contributed by atoms with Gasteiger partial charge in [0.2, 0.25) is 5.91 Å². The predicted molar refractivity (Wildman–Crippen MR) is 106 cm³/mol. The van der Waals surface area contributed by atoms with E-state index in [1.165, 1.54) is 21.6 Å². The summed E-state index contributed by atoms with van der Waals surface area (Å²) >= 11 is 0. The van der Waals surface area contributed by atoms with Gasteiger partial charge in [0.05, 0.1) is 6.42 Å². The van der Waals surface area contributed by atoms with Gasteiger partial charge in [0.15, 0.2) is 0 Å². The van der Waals surface area contributed by atoms with Crippen LogP contribution in [0.25, 0.3) is 0 Å². The minimum absolute atomic E-state index is 0. The molecule has 0 aromatic rings. The topological polar surface area (TPSA) is 185 Å². The number of hydrogen-bond donors (Lipinski definition) is 0. The summed E-state index contributed by atoms with van der Waals surface area (Å²) in [7, 11) is -2.22. The molecule has 4 amide bonds. The van der Waals surface area contributed by atoms with Crippen molar-refractivity contribution in [3.63, 3.8) is 0 Å². The Balaban J connectivity index is 0.00000544. The molecule has 2 aliphatic heterocycles. The second-order valence-electron chi connectivity index (χ2n) is 6.42. The molecule has 0 saturated carbocycles. The van der Waals surface area contributed by atoms with Crippen molar-refractivity contribution in [2.45, 2.75) is 43.8 Å². The average Bonchev–Trinajstić information content (AvgIpc) is 3.17. The Morgan fingerprint density at radius 3 is 1.85 bits per heavy atom. The van der Waals surface area contributed by atoms with E-state index in [0.29, 0.717) is 29.4 Å². The molecule has 34 heavy (non-hydrogen) atoms. The molecular formula is C16H18N2Na2O11S3. The molecule has 0 bridgehead atoms. The van der Waals surface area contributed by atoms with Crippen LogP contribution in [0.4, 0.5) is 0 Å². The van der Waals surface area contributed by atoms with E-state index < -0.39 is 57.4 Å². The number of hydrogen-bond acceptors (Lipinski definition) is 13. The Morgan fingerprint density at radius 1 is 0.941 bits per heavy atom. The number of amides is 4. The van der Waals surface area contributed by atoms with Crippen LogP contribution in [0.1, 0.15) is 38.5 Å². The van der Waals surface area contributed by atoms with Gasteiger partial charge in [0, 0.05) is 24.3 Å². The second kappa shape index (κ2) is 15.7. The zero-order chi connectivity index (χ0) is 23.9. The predicted octanol–water partition coefficient (Wildman–Crippen LogP) is -6.51. The van der Waals surface area contributed by atoms with Gasteiger partial charge >= 0.3 is 71.1 Å². The smallest absolute Gasteiger partial charge is 0.747 e. The fraction of sp³-hybridized carbons (Fsp3) is 0.562. The largest absolute Gasteiger partial charge is 1.00 e. The average molecular weight is 557 g/mol. The van der Waals surface area contributed by atoms with Crippen molar-refractivity contribution in [1.29, 1.82) is 0 Å². The fourth-order valence-electron chi connectivity index (χ4n) is 2.43. The van der Waals surface area contributed by atoms with E-state index in [-0.39, 0.29) is 83.4 Å². The van der Waals surface area contributed by atoms with Gasteiger partial charge in [-0.3, -0.25) is 20.8 Å². The Bertz CT molecular complexity index is 900. The van der Waals surface area contributed by atoms with Crippen molar-refractivity contribution in [2.24, 2.45) is 0 Å². The number of hydroxylamine groups is 4. The van der Waals surface area contributed by atoms with Gasteiger partial charge in [0.1, 0.15) is 21.3 Å². The first kappa shape index (κ1) is 33.7. The molecule has 0 N–H and O–H groups in total. The standard InChI is InChI=1S/C16H19N2O11S3.2Na/c19-11-5-6-12(20)17(11)28-14(22)3-1-7-30-31-8-2-4-15(23)29-18-13(21)9-10(16(18)24)32(25,26)27;;/h5,10H,1-4,6-9H2,(H,25,26,27);;/q-1;2*+1/p-1. The summed E-state index contributed by atoms with van der Waals surface area (Å²) in [6.07, 6.45) is 0.775. The third-order valence-electron chi connectivity index (χ3n) is 3.98. The van der Waals surface area contributed by atoms with Gasteiger partial charge in [-0.15, -0.1) is 10.1 Å². The van der Waals surface area contributed by atoms with Crippen LogP contribution >= 0.6 is 21.6 Å². The Hall–Kier alpha value is -0.300. The number of rotatable bonds is 12. The monoisotopic (exact) mass is 556 g/mol. The Kier molecular flexibility index (Phi) is 15.6. The van der Waals surface area contributed by atoms with Gasteiger partial charge in [-0.1, -0.05) is 28.0 Å². The summed E-state index contributed by atoms with van der Waals surface area (Å²) in [5.74, 6) is -4.29. The van der Waals surface area contributed by atoms with Crippen molar-refractivity contribution in [3.8, 4) is 0 Å². The second-order valence-corrected chi connectivity index (χ2v) is 10.7. The molecule has 2 saturated heterocycles. The number of nitrogens with zero attached hydrogens (tertiary/aromatic N) is 2. The van der Waals surface area contributed by atoms with Gasteiger partial charge in [-0.05, 0) is 12.8 Å². The first-order chi connectivity index (χ1) is 15.0. The molecule has 2 rings (SSSR count). The molecule has 2 aliphatic rings. The van der Waals surface area contributed by atoms with E-state index in [1.54, 1.807) is 0 Å². The summed E-state index contributed by atoms with van der Waals surface area (Å²) in [6, 6.07) is 0. The van der Waals surface area contributed by atoms with Crippen LogP contribution in [-0.4, -0.2) is 75.4 Å². The molecule has 18 heteroatoms. The molecule has 2 fully saturated rings. The van der Waals surface area contributed by atoms with Crippen LogP contribution in [-0.2, 0) is 48.6 Å². The molecule has 13 nitrogen and oxygen atoms in total. The normalized spacial score (nSPS) is 17.7. The van der Waals surface area contributed by atoms with Crippen LogP contribution in [0.2, 0.25) is 0 Å². The number of carbonyl (C=O) groups is 6. The summed E-state index contributed by atoms with van der Waals surface area (Å²) in [5.41, 5.74) is 0. The van der Waals surface area contributed by atoms with Gasteiger partial charge in [-0.2, -0.15) is 0 Å². The molecule has 0 aliphatic carbocycles. The van der Waals surface area contributed by atoms with E-state index in [2.05, 4.69) is 4.84 Å². The summed E-state index contributed by atoms with van der Waals surface area (Å²) in [4.78, 5) is 78.5. The SMILES string of the molecule is O=C(CCCSSCCCC(=O)ON1C(=O)CC(S(=O)(=O)[O-])C1=O)ON1C(=O)[CH-]CC1=O.[Na+].[Na+]. The molecular weight excluding hydrogens is 538 g/mol. The maximum atomic E-state index is 11.7. The minimum Gasteiger partial charge on any atom is -0.747 e. The molecule has 1 unspecified atom stereocenters. The number of carbonyl (C=O) groups excluding carboxylic acids is 6. The van der Waals surface area contributed by atoms with Crippen LogP contribution < -0.4 is 59.1 Å². The van der Waals surface area contributed by atoms with Crippen molar-refractivity contribution in [3.05, 3.63) is 6.42 Å². The minimum atomic E-state index is -5.02. The first-order valence-electron chi connectivity index (χ1n) is 9.18. The summed E-state index contributed by atoms with van der Waals surface area (Å²) in [5, 5.41) is -1.63. The van der Waals surface area contributed by atoms with Gasteiger partial charge in [0.25, 0.3) is 11.8 Å². The summed E-state index contributed by atoms with van der Waals surface area (Å²) in [6.45, 7) is 0. The van der Waals surface area contributed by atoms with Crippen molar-refractivity contribution < 1.29 is 111 Å². The van der Waals surface area contributed by atoms with Crippen molar-refractivity contribution in [1.82, 2.24) is 10.1 Å².